The molecule has 2 atom stereocenters. The molecule has 0 aromatic rings. The SMILES string of the molecule is Cl.O=C(CC1COCCN1)NCC(O)C1CCCCC1. The fourth-order valence-corrected chi connectivity index (χ4v) is 2.95. The van der Waals surface area contributed by atoms with Gasteiger partial charge in [-0.3, -0.25) is 4.79 Å². The third-order valence-corrected chi connectivity index (χ3v) is 4.13. The molecule has 1 aliphatic carbocycles. The van der Waals surface area contributed by atoms with Gasteiger partial charge in [0.2, 0.25) is 5.91 Å². The molecule has 1 heterocycles. The number of nitrogens with one attached hydrogen (secondary N) is 2. The summed E-state index contributed by atoms with van der Waals surface area (Å²) in [6.45, 7) is 2.51. The fraction of sp³-hybridized carbons (Fsp3) is 0.929. The molecule has 0 spiro atoms. The number of ether oxygens (including phenoxy) is 1. The van der Waals surface area contributed by atoms with Gasteiger partial charge in [-0.15, -0.1) is 12.4 Å². The molecule has 1 amide bonds. The molecule has 0 radical (unpaired) electrons. The van der Waals surface area contributed by atoms with Gasteiger partial charge in [0.05, 0.1) is 19.3 Å². The molecule has 2 rings (SSSR count). The first kappa shape index (κ1) is 17.7. The van der Waals surface area contributed by atoms with Crippen LogP contribution < -0.4 is 10.6 Å². The molecule has 0 aromatic carbocycles. The molecule has 20 heavy (non-hydrogen) atoms. The van der Waals surface area contributed by atoms with Crippen molar-refractivity contribution < 1.29 is 14.6 Å². The van der Waals surface area contributed by atoms with Gasteiger partial charge in [-0.1, -0.05) is 19.3 Å². The average molecular weight is 307 g/mol. The van der Waals surface area contributed by atoms with E-state index in [0.29, 0.717) is 25.5 Å². The van der Waals surface area contributed by atoms with Gasteiger partial charge in [-0.05, 0) is 18.8 Å². The second-order valence-electron chi connectivity index (χ2n) is 5.70. The second-order valence-corrected chi connectivity index (χ2v) is 5.70. The number of halogens is 1. The van der Waals surface area contributed by atoms with Crippen LogP contribution in [-0.4, -0.2) is 49.5 Å². The summed E-state index contributed by atoms with van der Waals surface area (Å²) in [6, 6.07) is 0.112. The predicted octanol–water partition coefficient (Wildman–Crippen LogP) is 0.844. The van der Waals surface area contributed by atoms with Gasteiger partial charge in [0.15, 0.2) is 0 Å². The van der Waals surface area contributed by atoms with Crippen LogP contribution in [0.15, 0.2) is 0 Å². The van der Waals surface area contributed by atoms with Crippen molar-refractivity contribution in [2.75, 3.05) is 26.3 Å². The van der Waals surface area contributed by atoms with E-state index in [1.807, 2.05) is 0 Å². The average Bonchev–Trinajstić information content (AvgIpc) is 2.47. The minimum atomic E-state index is -0.389. The lowest BCUT2D eigenvalue weighted by molar-refractivity contribution is -0.123. The van der Waals surface area contributed by atoms with Crippen molar-refractivity contribution in [2.24, 2.45) is 5.92 Å². The smallest absolute Gasteiger partial charge is 0.221 e. The van der Waals surface area contributed by atoms with Gasteiger partial charge in [-0.25, -0.2) is 0 Å². The molecular weight excluding hydrogens is 280 g/mol. The van der Waals surface area contributed by atoms with Crippen molar-refractivity contribution in [3.05, 3.63) is 0 Å². The molecule has 2 fully saturated rings. The van der Waals surface area contributed by atoms with Gasteiger partial charge < -0.3 is 20.5 Å². The Morgan fingerprint density at radius 3 is 2.75 bits per heavy atom. The van der Waals surface area contributed by atoms with Crippen molar-refractivity contribution in [2.45, 2.75) is 50.7 Å². The summed E-state index contributed by atoms with van der Waals surface area (Å²) in [5.41, 5.74) is 0. The zero-order valence-electron chi connectivity index (χ0n) is 12.0. The van der Waals surface area contributed by atoms with Crippen LogP contribution in [0.4, 0.5) is 0 Å². The quantitative estimate of drug-likeness (QED) is 0.704. The number of hydrogen-bond acceptors (Lipinski definition) is 4. The first-order valence-electron chi connectivity index (χ1n) is 7.51. The number of hydrogen-bond donors (Lipinski definition) is 3. The van der Waals surface area contributed by atoms with Gasteiger partial charge in [0.1, 0.15) is 0 Å². The largest absolute Gasteiger partial charge is 0.391 e. The van der Waals surface area contributed by atoms with Crippen LogP contribution >= 0.6 is 12.4 Å². The van der Waals surface area contributed by atoms with Crippen molar-refractivity contribution in [1.29, 1.82) is 0 Å². The molecule has 0 aromatic heterocycles. The van der Waals surface area contributed by atoms with E-state index in [0.717, 1.165) is 26.0 Å². The van der Waals surface area contributed by atoms with Crippen molar-refractivity contribution in [3.8, 4) is 0 Å². The molecule has 1 aliphatic heterocycles. The lowest BCUT2D eigenvalue weighted by Crippen LogP contribution is -2.45. The van der Waals surface area contributed by atoms with Gasteiger partial charge >= 0.3 is 0 Å². The molecule has 6 heteroatoms. The Labute approximate surface area is 127 Å². The van der Waals surface area contributed by atoms with E-state index in [1.54, 1.807) is 0 Å². The van der Waals surface area contributed by atoms with Crippen LogP contribution in [0.2, 0.25) is 0 Å². The summed E-state index contributed by atoms with van der Waals surface area (Å²) in [7, 11) is 0. The highest BCUT2D eigenvalue weighted by atomic mass is 35.5. The summed E-state index contributed by atoms with van der Waals surface area (Å²) < 4.78 is 5.31. The van der Waals surface area contributed by atoms with Crippen LogP contribution in [-0.2, 0) is 9.53 Å². The van der Waals surface area contributed by atoms with E-state index in [-0.39, 0.29) is 30.5 Å². The number of carbonyl (C=O) groups is 1. The molecule has 118 valence electrons. The number of morpholine rings is 1. The molecule has 2 unspecified atom stereocenters. The van der Waals surface area contributed by atoms with E-state index in [9.17, 15) is 9.90 Å². The summed E-state index contributed by atoms with van der Waals surface area (Å²) in [6.07, 6.45) is 5.92. The van der Waals surface area contributed by atoms with Crippen LogP contribution in [0.3, 0.4) is 0 Å². The lowest BCUT2D eigenvalue weighted by Gasteiger charge is -2.27. The molecule has 3 N–H and O–H groups in total. The molecule has 2 aliphatic rings. The fourth-order valence-electron chi connectivity index (χ4n) is 2.95. The highest BCUT2D eigenvalue weighted by molar-refractivity contribution is 5.85. The normalized spacial score (nSPS) is 25.6. The number of amides is 1. The summed E-state index contributed by atoms with van der Waals surface area (Å²) >= 11 is 0. The molecule has 0 bridgehead atoms. The first-order chi connectivity index (χ1) is 9.25. The van der Waals surface area contributed by atoms with E-state index < -0.39 is 0 Å². The lowest BCUT2D eigenvalue weighted by atomic mass is 9.85. The summed E-state index contributed by atoms with van der Waals surface area (Å²) in [4.78, 5) is 11.8. The Balaban J connectivity index is 0.00000200. The molecule has 1 saturated heterocycles. The maximum absolute atomic E-state index is 11.8. The molecule has 1 saturated carbocycles. The Hall–Kier alpha value is -0.360. The zero-order chi connectivity index (χ0) is 13.5. The van der Waals surface area contributed by atoms with Crippen molar-refractivity contribution in [3.63, 3.8) is 0 Å². The molecular formula is C14H27ClN2O3. The summed E-state index contributed by atoms with van der Waals surface area (Å²) in [5, 5.41) is 16.2. The first-order valence-corrected chi connectivity index (χ1v) is 7.51. The third-order valence-electron chi connectivity index (χ3n) is 4.13. The number of aliphatic hydroxyl groups is 1. The summed E-state index contributed by atoms with van der Waals surface area (Å²) in [5.74, 6) is 0.364. The number of rotatable bonds is 5. The van der Waals surface area contributed by atoms with Gasteiger partial charge in [0.25, 0.3) is 0 Å². The maximum Gasteiger partial charge on any atom is 0.221 e. The maximum atomic E-state index is 11.8. The monoisotopic (exact) mass is 306 g/mol. The number of aliphatic hydroxyl groups excluding tert-OH is 1. The number of carbonyl (C=O) groups excluding carboxylic acids is 1. The van der Waals surface area contributed by atoms with E-state index in [1.165, 1.54) is 19.3 Å². The topological polar surface area (TPSA) is 70.6 Å². The van der Waals surface area contributed by atoms with Crippen molar-refractivity contribution >= 4 is 18.3 Å². The Kier molecular flexibility index (Phi) is 8.45. The zero-order valence-corrected chi connectivity index (χ0v) is 12.8. The van der Waals surface area contributed by atoms with E-state index >= 15 is 0 Å². The van der Waals surface area contributed by atoms with Crippen LogP contribution in [0, 0.1) is 5.92 Å². The van der Waals surface area contributed by atoms with Gasteiger partial charge in [-0.2, -0.15) is 0 Å². The minimum Gasteiger partial charge on any atom is -0.391 e. The van der Waals surface area contributed by atoms with Crippen LogP contribution in [0.25, 0.3) is 0 Å². The van der Waals surface area contributed by atoms with Crippen LogP contribution in [0.5, 0.6) is 0 Å². The highest BCUT2D eigenvalue weighted by Crippen LogP contribution is 2.26. The van der Waals surface area contributed by atoms with E-state index in [2.05, 4.69) is 10.6 Å². The standard InChI is InChI=1S/C14H26N2O3.ClH/c17-13(11-4-2-1-3-5-11)9-16-14(18)8-12-10-19-7-6-15-12;/h11-13,15,17H,1-10H2,(H,16,18);1H. The molecule has 5 nitrogen and oxygen atoms in total. The Morgan fingerprint density at radius 2 is 2.10 bits per heavy atom. The van der Waals surface area contributed by atoms with Gasteiger partial charge in [0, 0.05) is 25.6 Å². The van der Waals surface area contributed by atoms with Crippen LogP contribution in [0.1, 0.15) is 38.5 Å². The minimum absolute atomic E-state index is 0. The Morgan fingerprint density at radius 1 is 1.35 bits per heavy atom. The third kappa shape index (κ3) is 5.95. The Bertz CT molecular complexity index is 280. The van der Waals surface area contributed by atoms with E-state index in [4.69, 9.17) is 4.74 Å². The predicted molar refractivity (Wildman–Crippen MR) is 80.1 cm³/mol. The highest BCUT2D eigenvalue weighted by Gasteiger charge is 2.23. The second kappa shape index (κ2) is 9.55. The van der Waals surface area contributed by atoms with Crippen molar-refractivity contribution in [1.82, 2.24) is 10.6 Å².